The summed E-state index contributed by atoms with van der Waals surface area (Å²) in [5, 5.41) is 0. The highest BCUT2D eigenvalue weighted by molar-refractivity contribution is 5.80. The summed E-state index contributed by atoms with van der Waals surface area (Å²) in [6.07, 6.45) is 8.00. The van der Waals surface area contributed by atoms with Gasteiger partial charge in [0.05, 0.1) is 0 Å². The van der Waals surface area contributed by atoms with E-state index in [1.54, 1.807) is 6.92 Å². The molecule has 0 aromatic rings. The van der Waals surface area contributed by atoms with Gasteiger partial charge in [-0.1, -0.05) is 13.8 Å². The summed E-state index contributed by atoms with van der Waals surface area (Å²) in [6.45, 7) is 9.37. The van der Waals surface area contributed by atoms with E-state index in [-0.39, 0.29) is 46.7 Å². The summed E-state index contributed by atoms with van der Waals surface area (Å²) in [4.78, 5) is 36.0. The van der Waals surface area contributed by atoms with Crippen molar-refractivity contribution in [2.75, 3.05) is 0 Å². The molecule has 0 amide bonds. The highest BCUT2D eigenvalue weighted by atomic mass is 16.5. The van der Waals surface area contributed by atoms with Crippen LogP contribution in [-0.2, 0) is 23.9 Å². The van der Waals surface area contributed by atoms with Gasteiger partial charge in [-0.25, -0.2) is 0 Å². The van der Waals surface area contributed by atoms with E-state index >= 15 is 0 Å². The monoisotopic (exact) mass is 418 g/mol. The molecule has 4 aliphatic rings. The Morgan fingerprint density at radius 2 is 1.50 bits per heavy atom. The first kappa shape index (κ1) is 21.8. The second-order valence-electron chi connectivity index (χ2n) is 11.1. The van der Waals surface area contributed by atoms with E-state index in [9.17, 15) is 14.4 Å². The minimum absolute atomic E-state index is 0.00182. The predicted octanol–water partition coefficient (Wildman–Crippen LogP) is 4.71. The molecule has 0 N–H and O–H groups in total. The fourth-order valence-corrected chi connectivity index (χ4v) is 8.53. The number of rotatable bonds is 3. The van der Waals surface area contributed by atoms with E-state index < -0.39 is 0 Å². The Bertz CT molecular complexity index is 731. The third-order valence-electron chi connectivity index (χ3n) is 9.82. The van der Waals surface area contributed by atoms with E-state index in [2.05, 4.69) is 13.8 Å². The van der Waals surface area contributed by atoms with Gasteiger partial charge in [0.1, 0.15) is 18.0 Å². The summed E-state index contributed by atoms with van der Waals surface area (Å²) < 4.78 is 11.6. The van der Waals surface area contributed by atoms with Gasteiger partial charge in [-0.05, 0) is 87.4 Å². The van der Waals surface area contributed by atoms with Crippen LogP contribution in [0.3, 0.4) is 0 Å². The SMILES string of the molecule is CC(=O)O[C@@H]1CCC2(C)C(CCC3C2C[C@H](OC(C)=O)C2(C)C(C(C)=O)CCC32)C1. The molecule has 4 rings (SSSR count). The lowest BCUT2D eigenvalue weighted by Crippen LogP contribution is -2.59. The number of hydrogen-bond donors (Lipinski definition) is 0. The fourth-order valence-electron chi connectivity index (χ4n) is 8.53. The van der Waals surface area contributed by atoms with Crippen molar-refractivity contribution in [2.24, 2.45) is 40.4 Å². The van der Waals surface area contributed by atoms with Crippen molar-refractivity contribution in [3.63, 3.8) is 0 Å². The summed E-state index contributed by atoms with van der Waals surface area (Å²) in [6, 6.07) is 0. The molecule has 0 aliphatic heterocycles. The van der Waals surface area contributed by atoms with Crippen LogP contribution in [-0.4, -0.2) is 29.9 Å². The molecule has 30 heavy (non-hydrogen) atoms. The molecule has 4 saturated carbocycles. The van der Waals surface area contributed by atoms with Crippen molar-refractivity contribution in [3.8, 4) is 0 Å². The number of carbonyl (C=O) groups excluding carboxylic acids is 3. The number of ketones is 1. The third kappa shape index (κ3) is 3.31. The lowest BCUT2D eigenvalue weighted by Gasteiger charge is -2.62. The molecule has 0 saturated heterocycles. The average Bonchev–Trinajstić information content (AvgIpc) is 3.01. The normalized spacial score (nSPS) is 47.4. The summed E-state index contributed by atoms with van der Waals surface area (Å²) in [5.41, 5.74) is -0.0512. The van der Waals surface area contributed by atoms with Crippen molar-refractivity contribution >= 4 is 17.7 Å². The first-order valence-corrected chi connectivity index (χ1v) is 11.9. The average molecular weight is 419 g/mol. The van der Waals surface area contributed by atoms with Gasteiger partial charge in [-0.3, -0.25) is 14.4 Å². The maximum Gasteiger partial charge on any atom is 0.302 e. The van der Waals surface area contributed by atoms with E-state index in [0.29, 0.717) is 23.7 Å². The van der Waals surface area contributed by atoms with Crippen LogP contribution >= 0.6 is 0 Å². The van der Waals surface area contributed by atoms with Crippen LogP contribution in [0.4, 0.5) is 0 Å². The Kier molecular flexibility index (Phi) is 5.55. The molecule has 5 heteroatoms. The zero-order valence-corrected chi connectivity index (χ0v) is 19.2. The molecule has 9 atom stereocenters. The van der Waals surface area contributed by atoms with Gasteiger partial charge in [0.2, 0.25) is 0 Å². The van der Waals surface area contributed by atoms with E-state index in [4.69, 9.17) is 9.47 Å². The Balaban J connectivity index is 1.64. The second kappa shape index (κ2) is 7.63. The number of Topliss-reactive ketones (excluding diaryl/α,β-unsaturated/α-hetero) is 1. The van der Waals surface area contributed by atoms with Crippen molar-refractivity contribution in [2.45, 2.75) is 98.2 Å². The van der Waals surface area contributed by atoms with Gasteiger partial charge in [-0.15, -0.1) is 0 Å². The minimum Gasteiger partial charge on any atom is -0.463 e. The van der Waals surface area contributed by atoms with Gasteiger partial charge in [-0.2, -0.15) is 0 Å². The molecular formula is C25H38O5. The molecule has 0 aromatic carbocycles. The largest absolute Gasteiger partial charge is 0.463 e. The van der Waals surface area contributed by atoms with Crippen LogP contribution in [0.1, 0.15) is 86.0 Å². The van der Waals surface area contributed by atoms with Crippen LogP contribution < -0.4 is 0 Å². The Labute approximate surface area is 180 Å². The van der Waals surface area contributed by atoms with Crippen molar-refractivity contribution in [1.29, 1.82) is 0 Å². The lowest BCUT2D eigenvalue weighted by atomic mass is 9.44. The molecule has 0 aromatic heterocycles. The van der Waals surface area contributed by atoms with Crippen LogP contribution in [0, 0.1) is 40.4 Å². The van der Waals surface area contributed by atoms with Gasteiger partial charge in [0, 0.05) is 25.2 Å². The highest BCUT2D eigenvalue weighted by Crippen LogP contribution is 2.68. The van der Waals surface area contributed by atoms with Crippen LogP contribution in [0.25, 0.3) is 0 Å². The quantitative estimate of drug-likeness (QED) is 0.621. The van der Waals surface area contributed by atoms with Crippen molar-refractivity contribution in [3.05, 3.63) is 0 Å². The molecule has 4 fully saturated rings. The molecule has 0 bridgehead atoms. The maximum atomic E-state index is 12.5. The van der Waals surface area contributed by atoms with Gasteiger partial charge in [0.25, 0.3) is 0 Å². The maximum absolute atomic E-state index is 12.5. The molecule has 0 heterocycles. The zero-order chi connectivity index (χ0) is 21.8. The highest BCUT2D eigenvalue weighted by Gasteiger charge is 2.65. The van der Waals surface area contributed by atoms with Crippen LogP contribution in [0.5, 0.6) is 0 Å². The summed E-state index contributed by atoms with van der Waals surface area (Å²) >= 11 is 0. The molecule has 0 spiro atoms. The minimum atomic E-state index is -0.239. The zero-order valence-electron chi connectivity index (χ0n) is 19.2. The standard InChI is InChI=1S/C25H38O5/c1-14(26)20-8-9-21-19-7-6-17-12-18(29-15(2)27)10-11-24(17,4)22(19)13-23(25(20,21)5)30-16(3)28/h17-23H,6-13H2,1-5H3/t17?,18-,19?,20?,21?,22?,23+,24?,25?/m1/s1. The Hall–Kier alpha value is -1.39. The first-order chi connectivity index (χ1) is 14.1. The smallest absolute Gasteiger partial charge is 0.302 e. The Morgan fingerprint density at radius 1 is 0.800 bits per heavy atom. The predicted molar refractivity (Wildman–Crippen MR) is 112 cm³/mol. The van der Waals surface area contributed by atoms with E-state index in [1.165, 1.54) is 26.7 Å². The molecule has 168 valence electrons. The van der Waals surface area contributed by atoms with Crippen LogP contribution in [0.15, 0.2) is 0 Å². The summed E-state index contributed by atoms with van der Waals surface area (Å²) in [5.74, 6) is 1.92. The second-order valence-corrected chi connectivity index (χ2v) is 11.1. The third-order valence-corrected chi connectivity index (χ3v) is 9.82. The lowest BCUT2D eigenvalue weighted by molar-refractivity contribution is -0.195. The number of esters is 2. The Morgan fingerprint density at radius 3 is 2.13 bits per heavy atom. The van der Waals surface area contributed by atoms with Gasteiger partial charge >= 0.3 is 11.9 Å². The molecule has 5 nitrogen and oxygen atoms in total. The number of hydrogen-bond acceptors (Lipinski definition) is 5. The van der Waals surface area contributed by atoms with E-state index in [1.807, 2.05) is 0 Å². The van der Waals surface area contributed by atoms with Crippen molar-refractivity contribution < 1.29 is 23.9 Å². The molecule has 7 unspecified atom stereocenters. The number of fused-ring (bicyclic) bond motifs is 5. The molecule has 0 radical (unpaired) electrons. The molecular weight excluding hydrogens is 380 g/mol. The fraction of sp³-hybridized carbons (Fsp3) is 0.880. The molecule has 4 aliphatic carbocycles. The first-order valence-electron chi connectivity index (χ1n) is 11.9. The van der Waals surface area contributed by atoms with Gasteiger partial charge < -0.3 is 9.47 Å². The van der Waals surface area contributed by atoms with Crippen molar-refractivity contribution in [1.82, 2.24) is 0 Å². The van der Waals surface area contributed by atoms with E-state index in [0.717, 1.165) is 38.5 Å². The topological polar surface area (TPSA) is 69.7 Å². The summed E-state index contributed by atoms with van der Waals surface area (Å²) in [7, 11) is 0. The number of ether oxygens (including phenoxy) is 2. The number of carbonyl (C=O) groups is 3. The van der Waals surface area contributed by atoms with Gasteiger partial charge in [0.15, 0.2) is 0 Å². The van der Waals surface area contributed by atoms with Crippen LogP contribution in [0.2, 0.25) is 0 Å².